The van der Waals surface area contributed by atoms with Crippen LogP contribution in [0.15, 0.2) is 68.9 Å². The number of hydrogen-bond donors (Lipinski definition) is 1. The van der Waals surface area contributed by atoms with E-state index >= 15 is 0 Å². The Balaban J connectivity index is 1.67. The van der Waals surface area contributed by atoms with Crippen LogP contribution in [0.1, 0.15) is 28.0 Å². The topological polar surface area (TPSA) is 119 Å². The van der Waals surface area contributed by atoms with Gasteiger partial charge in [-0.3, -0.25) is 9.55 Å². The summed E-state index contributed by atoms with van der Waals surface area (Å²) in [6.07, 6.45) is 3.01. The molecule has 0 radical (unpaired) electrons. The molecule has 0 aliphatic heterocycles. The number of fused-ring (bicyclic) bond motifs is 1. The maximum atomic E-state index is 13.9. The molecule has 3 heterocycles. The molecule has 9 nitrogen and oxygen atoms in total. The number of aromatic nitrogens is 4. The second-order valence-corrected chi connectivity index (χ2v) is 8.69. The number of anilines is 2. The summed E-state index contributed by atoms with van der Waals surface area (Å²) < 4.78 is 21.8. The third-order valence-corrected chi connectivity index (χ3v) is 6.11. The summed E-state index contributed by atoms with van der Waals surface area (Å²) in [7, 11) is 0. The standard InChI is InChI=1S/C27H21FN6O3/c1-15-8-21(13-30-12-15)34-26(35)32-25(31-20-5-7-24-22(10-20)16(2)17(3)37-24)33(27(34)36)14-18-4-6-23(28)19(9-18)11-29/h4-10,12-13H,14H2,1-3H3,(H,31,32,35). The highest BCUT2D eigenvalue weighted by Gasteiger charge is 2.17. The number of nitriles is 1. The van der Waals surface area contributed by atoms with E-state index in [0.29, 0.717) is 16.8 Å². The van der Waals surface area contributed by atoms with E-state index in [-0.39, 0.29) is 23.7 Å². The second kappa shape index (κ2) is 9.20. The summed E-state index contributed by atoms with van der Waals surface area (Å²) in [5, 5.41) is 13.2. The van der Waals surface area contributed by atoms with E-state index < -0.39 is 17.2 Å². The Bertz CT molecular complexity index is 1840. The van der Waals surface area contributed by atoms with E-state index in [9.17, 15) is 19.2 Å². The molecule has 3 aromatic heterocycles. The largest absolute Gasteiger partial charge is 0.461 e. The van der Waals surface area contributed by atoms with Crippen molar-refractivity contribution in [3.05, 3.63) is 110 Å². The molecular weight excluding hydrogens is 475 g/mol. The van der Waals surface area contributed by atoms with Crippen LogP contribution in [0.4, 0.5) is 16.0 Å². The van der Waals surface area contributed by atoms with Crippen molar-refractivity contribution in [2.75, 3.05) is 5.32 Å². The Labute approximate surface area is 210 Å². The number of nitrogens with zero attached hydrogens (tertiary/aromatic N) is 5. The van der Waals surface area contributed by atoms with Gasteiger partial charge in [0.2, 0.25) is 5.95 Å². The lowest BCUT2D eigenvalue weighted by molar-refractivity contribution is 0.575. The van der Waals surface area contributed by atoms with Crippen molar-refractivity contribution in [3.63, 3.8) is 0 Å². The molecule has 0 aliphatic rings. The second-order valence-electron chi connectivity index (χ2n) is 8.69. The Morgan fingerprint density at radius 3 is 2.65 bits per heavy atom. The van der Waals surface area contributed by atoms with Crippen molar-refractivity contribution < 1.29 is 8.81 Å². The normalized spacial score (nSPS) is 11.0. The summed E-state index contributed by atoms with van der Waals surface area (Å²) in [5.41, 5.74) is 2.17. The van der Waals surface area contributed by atoms with Crippen LogP contribution in [-0.4, -0.2) is 19.1 Å². The molecule has 0 fully saturated rings. The molecule has 1 N–H and O–H groups in total. The average Bonchev–Trinajstić information content (AvgIpc) is 3.15. The van der Waals surface area contributed by atoms with Crippen LogP contribution in [0, 0.1) is 37.9 Å². The maximum Gasteiger partial charge on any atom is 0.359 e. The predicted molar refractivity (Wildman–Crippen MR) is 136 cm³/mol. The van der Waals surface area contributed by atoms with Crippen molar-refractivity contribution in [1.82, 2.24) is 19.1 Å². The summed E-state index contributed by atoms with van der Waals surface area (Å²) in [5.74, 6) is 0.123. The molecule has 0 bridgehead atoms. The summed E-state index contributed by atoms with van der Waals surface area (Å²) in [6, 6.07) is 12.8. The lowest BCUT2D eigenvalue weighted by Crippen LogP contribution is -2.41. The van der Waals surface area contributed by atoms with Crippen LogP contribution in [0.5, 0.6) is 0 Å². The lowest BCUT2D eigenvalue weighted by Gasteiger charge is -2.16. The van der Waals surface area contributed by atoms with Gasteiger partial charge in [0.1, 0.15) is 23.2 Å². The van der Waals surface area contributed by atoms with Gasteiger partial charge in [0.05, 0.1) is 24.0 Å². The first-order valence-electron chi connectivity index (χ1n) is 11.4. The van der Waals surface area contributed by atoms with Crippen molar-refractivity contribution in [3.8, 4) is 11.8 Å². The number of halogens is 1. The molecular formula is C27H21FN6O3. The smallest absolute Gasteiger partial charge is 0.359 e. The van der Waals surface area contributed by atoms with Gasteiger partial charge >= 0.3 is 11.4 Å². The zero-order valence-electron chi connectivity index (χ0n) is 20.2. The molecule has 0 aliphatic carbocycles. The molecule has 0 unspecified atom stereocenters. The minimum absolute atomic E-state index is 0.00749. The first-order chi connectivity index (χ1) is 17.7. The van der Waals surface area contributed by atoms with E-state index in [4.69, 9.17) is 4.42 Å². The maximum absolute atomic E-state index is 13.9. The number of aryl methyl sites for hydroxylation is 3. The Morgan fingerprint density at radius 1 is 1.08 bits per heavy atom. The number of hydrogen-bond acceptors (Lipinski definition) is 7. The van der Waals surface area contributed by atoms with Crippen LogP contribution in [0.2, 0.25) is 0 Å². The summed E-state index contributed by atoms with van der Waals surface area (Å²) in [6.45, 7) is 5.53. The van der Waals surface area contributed by atoms with Gasteiger partial charge in [0.15, 0.2) is 0 Å². The molecule has 10 heteroatoms. The number of pyridine rings is 1. The average molecular weight is 497 g/mol. The molecule has 0 spiro atoms. The molecule has 0 amide bonds. The molecule has 2 aromatic carbocycles. The van der Waals surface area contributed by atoms with Crippen molar-refractivity contribution in [2.45, 2.75) is 27.3 Å². The van der Waals surface area contributed by atoms with Gasteiger partial charge in [-0.2, -0.15) is 10.2 Å². The third kappa shape index (κ3) is 4.38. The third-order valence-electron chi connectivity index (χ3n) is 6.11. The van der Waals surface area contributed by atoms with E-state index in [0.717, 1.165) is 32.9 Å². The van der Waals surface area contributed by atoms with Gasteiger partial charge in [-0.15, -0.1) is 0 Å². The monoisotopic (exact) mass is 496 g/mol. The van der Waals surface area contributed by atoms with Crippen molar-refractivity contribution in [1.29, 1.82) is 5.26 Å². The Hall–Kier alpha value is -5.04. The van der Waals surface area contributed by atoms with E-state index in [1.54, 1.807) is 37.4 Å². The highest BCUT2D eigenvalue weighted by atomic mass is 19.1. The lowest BCUT2D eigenvalue weighted by atomic mass is 10.1. The SMILES string of the molecule is Cc1cncc(-n2c(=O)nc(Nc3ccc4oc(C)c(C)c4c3)n(Cc3ccc(F)c(C#N)c3)c2=O)c1. The predicted octanol–water partition coefficient (Wildman–Crippen LogP) is 4.26. The fraction of sp³-hybridized carbons (Fsp3) is 0.148. The molecule has 0 atom stereocenters. The molecule has 184 valence electrons. The van der Waals surface area contributed by atoms with Crippen LogP contribution < -0.4 is 16.7 Å². The van der Waals surface area contributed by atoms with Crippen molar-refractivity contribution in [2.24, 2.45) is 0 Å². The summed E-state index contributed by atoms with van der Waals surface area (Å²) >= 11 is 0. The first kappa shape index (κ1) is 23.7. The van der Waals surface area contributed by atoms with Crippen molar-refractivity contribution >= 4 is 22.6 Å². The fourth-order valence-electron chi connectivity index (χ4n) is 4.10. The van der Waals surface area contributed by atoms with Gasteiger partial charge in [-0.1, -0.05) is 6.07 Å². The molecule has 5 rings (SSSR count). The molecule has 5 aromatic rings. The van der Waals surface area contributed by atoms with E-state index in [2.05, 4.69) is 15.3 Å². The van der Waals surface area contributed by atoms with Crippen LogP contribution in [-0.2, 0) is 6.54 Å². The zero-order chi connectivity index (χ0) is 26.3. The van der Waals surface area contributed by atoms with Gasteiger partial charge in [0.25, 0.3) is 0 Å². The highest BCUT2D eigenvalue weighted by molar-refractivity contribution is 5.86. The quantitative estimate of drug-likeness (QED) is 0.386. The highest BCUT2D eigenvalue weighted by Crippen LogP contribution is 2.28. The van der Waals surface area contributed by atoms with Gasteiger partial charge in [-0.25, -0.2) is 18.5 Å². The minimum Gasteiger partial charge on any atom is -0.461 e. The Morgan fingerprint density at radius 2 is 1.89 bits per heavy atom. The fourth-order valence-corrected chi connectivity index (χ4v) is 4.10. The van der Waals surface area contributed by atoms with Gasteiger partial charge in [0, 0.05) is 17.3 Å². The zero-order valence-corrected chi connectivity index (χ0v) is 20.2. The summed E-state index contributed by atoms with van der Waals surface area (Å²) in [4.78, 5) is 35.0. The van der Waals surface area contributed by atoms with Crippen LogP contribution >= 0.6 is 0 Å². The number of rotatable bonds is 5. The number of furan rings is 1. The van der Waals surface area contributed by atoms with Crippen LogP contribution in [0.25, 0.3) is 16.7 Å². The molecule has 37 heavy (non-hydrogen) atoms. The van der Waals surface area contributed by atoms with E-state index in [1.165, 1.54) is 22.9 Å². The number of benzene rings is 2. The minimum atomic E-state index is -0.788. The Kier molecular flexibility index (Phi) is 5.89. The number of nitrogens with one attached hydrogen (secondary N) is 1. The van der Waals surface area contributed by atoms with Gasteiger partial charge in [-0.05, 0) is 73.9 Å². The molecule has 0 saturated carbocycles. The van der Waals surface area contributed by atoms with E-state index in [1.807, 2.05) is 19.9 Å². The van der Waals surface area contributed by atoms with Crippen LogP contribution in [0.3, 0.4) is 0 Å². The van der Waals surface area contributed by atoms with Gasteiger partial charge < -0.3 is 9.73 Å². The molecule has 0 saturated heterocycles. The first-order valence-corrected chi connectivity index (χ1v) is 11.4.